The summed E-state index contributed by atoms with van der Waals surface area (Å²) in [6.07, 6.45) is 16.9. The summed E-state index contributed by atoms with van der Waals surface area (Å²) in [5, 5.41) is 3.55. The first-order valence-electron chi connectivity index (χ1n) is 12.9. The molecule has 4 aliphatic carbocycles. The first-order valence-corrected chi connectivity index (χ1v) is 12.9. The van der Waals surface area contributed by atoms with Crippen molar-refractivity contribution in [3.63, 3.8) is 0 Å². The highest BCUT2D eigenvalue weighted by Gasteiger charge is 2.58. The van der Waals surface area contributed by atoms with Crippen LogP contribution in [0.25, 0.3) is 0 Å². The molecule has 0 aromatic carbocycles. The maximum absolute atomic E-state index is 5.97. The Morgan fingerprint density at radius 1 is 1.03 bits per heavy atom. The third kappa shape index (κ3) is 3.60. The molecule has 4 rings (SSSR count). The Hall–Kier alpha value is -0.500. The highest BCUT2D eigenvalue weighted by atomic mass is 16.5. The molecule has 29 heavy (non-hydrogen) atoms. The van der Waals surface area contributed by atoms with Crippen molar-refractivity contribution in [2.75, 3.05) is 20.3 Å². The van der Waals surface area contributed by atoms with Crippen molar-refractivity contribution in [2.45, 2.75) is 91.9 Å². The van der Waals surface area contributed by atoms with E-state index >= 15 is 0 Å². The van der Waals surface area contributed by atoms with Crippen molar-refractivity contribution >= 4 is 0 Å². The lowest BCUT2D eigenvalue weighted by Crippen LogP contribution is -2.50. The van der Waals surface area contributed by atoms with Gasteiger partial charge in [0.1, 0.15) is 0 Å². The second kappa shape index (κ2) is 8.56. The van der Waals surface area contributed by atoms with Gasteiger partial charge in [0.2, 0.25) is 0 Å². The Bertz CT molecular complexity index is 606. The fourth-order valence-corrected chi connectivity index (χ4v) is 8.97. The minimum atomic E-state index is 0. The predicted octanol–water partition coefficient (Wildman–Crippen LogP) is 7.06. The van der Waals surface area contributed by atoms with Crippen LogP contribution < -0.4 is 5.32 Å². The third-order valence-electron chi connectivity index (χ3n) is 10.6. The van der Waals surface area contributed by atoms with Crippen LogP contribution in [-0.4, -0.2) is 20.3 Å². The van der Waals surface area contributed by atoms with E-state index in [1.807, 2.05) is 0 Å². The summed E-state index contributed by atoms with van der Waals surface area (Å²) < 4.78 is 5.97. The van der Waals surface area contributed by atoms with Crippen LogP contribution in [0.4, 0.5) is 0 Å². The Morgan fingerprint density at radius 2 is 1.83 bits per heavy atom. The summed E-state index contributed by atoms with van der Waals surface area (Å²) in [4.78, 5) is 0. The van der Waals surface area contributed by atoms with E-state index in [0.29, 0.717) is 10.8 Å². The monoisotopic (exact) mass is 403 g/mol. The molecule has 0 aliphatic heterocycles. The molecule has 0 radical (unpaired) electrons. The van der Waals surface area contributed by atoms with Gasteiger partial charge in [-0.15, -0.1) is 0 Å². The van der Waals surface area contributed by atoms with Crippen LogP contribution >= 0.6 is 0 Å². The number of hydrogen-bond acceptors (Lipinski definition) is 2. The van der Waals surface area contributed by atoms with Crippen molar-refractivity contribution in [3.05, 3.63) is 11.8 Å². The highest BCUT2D eigenvalue weighted by molar-refractivity contribution is 5.16. The van der Waals surface area contributed by atoms with Gasteiger partial charge < -0.3 is 10.1 Å². The molecule has 0 saturated heterocycles. The van der Waals surface area contributed by atoms with Crippen molar-refractivity contribution in [1.82, 2.24) is 5.32 Å². The summed E-state index contributed by atoms with van der Waals surface area (Å²) in [7, 11) is 2.13. The average Bonchev–Trinajstić information content (AvgIpc) is 3.10. The number of fused-ring (bicyclic) bond motifs is 5. The largest absolute Gasteiger partial charge is 0.391 e. The number of rotatable bonds is 6. The van der Waals surface area contributed by atoms with E-state index in [4.69, 9.17) is 4.74 Å². The van der Waals surface area contributed by atoms with Crippen LogP contribution in [0.3, 0.4) is 0 Å². The van der Waals surface area contributed by atoms with Crippen LogP contribution in [0.1, 0.15) is 93.3 Å². The minimum Gasteiger partial charge on any atom is -0.391 e. The molecule has 0 aromatic heterocycles. The van der Waals surface area contributed by atoms with Crippen molar-refractivity contribution < 1.29 is 6.16 Å². The van der Waals surface area contributed by atoms with Crippen molar-refractivity contribution in [3.8, 4) is 0 Å². The minimum absolute atomic E-state index is 0. The van der Waals surface area contributed by atoms with Gasteiger partial charge in [-0.05, 0) is 118 Å². The molecule has 0 spiro atoms. The molecule has 2 nitrogen and oxygen atoms in total. The molecule has 8 atom stereocenters. The number of nitrogens with one attached hydrogen (secondary N) is 1. The molecule has 4 saturated carbocycles. The van der Waals surface area contributed by atoms with E-state index < -0.39 is 0 Å². The quantitative estimate of drug-likeness (QED) is 0.512. The van der Waals surface area contributed by atoms with Crippen LogP contribution in [0, 0.1) is 46.3 Å². The SMILES string of the molecule is C/C=C(/NC)C1CCC2C3CCC4C[C@@](CC)(COCC)CCC4C3CCC12C.[HH]. The molecule has 4 aliphatic rings. The van der Waals surface area contributed by atoms with E-state index in [1.165, 1.54) is 69.9 Å². The molecule has 0 amide bonds. The van der Waals surface area contributed by atoms with Crippen LogP contribution in [-0.2, 0) is 4.74 Å². The molecule has 0 aromatic rings. The summed E-state index contributed by atoms with van der Waals surface area (Å²) in [5.74, 6) is 5.77. The third-order valence-corrected chi connectivity index (χ3v) is 10.6. The normalized spacial score (nSPS) is 47.3. The van der Waals surface area contributed by atoms with Gasteiger partial charge in [-0.2, -0.15) is 0 Å². The molecular formula is C27H49NO. The van der Waals surface area contributed by atoms with Crippen LogP contribution in [0.5, 0.6) is 0 Å². The zero-order chi connectivity index (χ0) is 20.6. The van der Waals surface area contributed by atoms with E-state index in [-0.39, 0.29) is 1.43 Å². The molecule has 168 valence electrons. The zero-order valence-corrected chi connectivity index (χ0v) is 19.9. The molecule has 1 N–H and O–H groups in total. The first-order chi connectivity index (χ1) is 14.0. The number of hydrogen-bond donors (Lipinski definition) is 1. The summed E-state index contributed by atoms with van der Waals surface area (Å²) >= 11 is 0. The zero-order valence-electron chi connectivity index (χ0n) is 19.9. The predicted molar refractivity (Wildman–Crippen MR) is 125 cm³/mol. The molecular weight excluding hydrogens is 354 g/mol. The highest BCUT2D eigenvalue weighted by Crippen LogP contribution is 2.66. The van der Waals surface area contributed by atoms with E-state index in [1.54, 1.807) is 0 Å². The van der Waals surface area contributed by atoms with Crippen molar-refractivity contribution in [2.24, 2.45) is 46.3 Å². The second-order valence-corrected chi connectivity index (χ2v) is 11.3. The summed E-state index contributed by atoms with van der Waals surface area (Å²) in [5.41, 5.74) is 2.54. The number of allylic oxidation sites excluding steroid dienone is 2. The maximum atomic E-state index is 5.97. The van der Waals surface area contributed by atoms with Gasteiger partial charge in [-0.3, -0.25) is 0 Å². The van der Waals surface area contributed by atoms with E-state index in [9.17, 15) is 0 Å². The average molecular weight is 404 g/mol. The molecule has 2 heteroatoms. The molecule has 7 unspecified atom stereocenters. The van der Waals surface area contributed by atoms with Gasteiger partial charge in [-0.25, -0.2) is 0 Å². The van der Waals surface area contributed by atoms with E-state index in [2.05, 4.69) is 46.1 Å². The van der Waals surface area contributed by atoms with Crippen LogP contribution in [0.2, 0.25) is 0 Å². The van der Waals surface area contributed by atoms with Gasteiger partial charge in [0.05, 0.1) is 6.61 Å². The Kier molecular flexibility index (Phi) is 6.41. The molecule has 4 fully saturated rings. The second-order valence-electron chi connectivity index (χ2n) is 11.3. The Morgan fingerprint density at radius 3 is 2.52 bits per heavy atom. The first kappa shape index (κ1) is 21.7. The lowest BCUT2D eigenvalue weighted by Gasteiger charge is -2.58. The fraction of sp³-hybridized carbons (Fsp3) is 0.926. The number of ether oxygens (including phenoxy) is 1. The van der Waals surface area contributed by atoms with E-state index in [0.717, 1.165) is 48.7 Å². The van der Waals surface area contributed by atoms with Crippen LogP contribution in [0.15, 0.2) is 11.8 Å². The summed E-state index contributed by atoms with van der Waals surface area (Å²) in [6.45, 7) is 11.3. The van der Waals surface area contributed by atoms with Gasteiger partial charge in [0.15, 0.2) is 0 Å². The molecule has 0 bridgehead atoms. The smallest absolute Gasteiger partial charge is 0.0522 e. The van der Waals surface area contributed by atoms with Crippen molar-refractivity contribution in [1.29, 1.82) is 0 Å². The van der Waals surface area contributed by atoms with Gasteiger partial charge >= 0.3 is 0 Å². The molecule has 0 heterocycles. The maximum Gasteiger partial charge on any atom is 0.0522 e. The topological polar surface area (TPSA) is 21.3 Å². The van der Waals surface area contributed by atoms with Gasteiger partial charge in [0, 0.05) is 26.7 Å². The fourth-order valence-electron chi connectivity index (χ4n) is 8.97. The summed E-state index contributed by atoms with van der Waals surface area (Å²) in [6, 6.07) is 0. The lowest BCUT2D eigenvalue weighted by molar-refractivity contribution is -0.0910. The van der Waals surface area contributed by atoms with Gasteiger partial charge in [0.25, 0.3) is 0 Å². The lowest BCUT2D eigenvalue weighted by atomic mass is 9.48. The Labute approximate surface area is 182 Å². The Balaban J connectivity index is 0.00000256. The van der Waals surface area contributed by atoms with Gasteiger partial charge in [-0.1, -0.05) is 19.9 Å². The standard InChI is InChI=1S/C27H47NO.H2/c1-6-25(28-5)24-12-11-23-22-10-9-19-17-27(7-2,18-29-8-3)16-14-20(19)21(22)13-15-26(23,24)4;/h6,19-24,28H,7-18H2,1-5H3;1H/b25-6+;/t19?,20?,21?,22?,23?,24?,26?,27-;/m0./s1.